The first kappa shape index (κ1) is 17.7. The molecule has 1 fully saturated rings. The predicted octanol–water partition coefficient (Wildman–Crippen LogP) is 0.835. The van der Waals surface area contributed by atoms with Gasteiger partial charge in [0.25, 0.3) is 10.0 Å². The van der Waals surface area contributed by atoms with Crippen LogP contribution in [0.4, 0.5) is 16.4 Å². The number of para-hydroxylation sites is 1. The van der Waals surface area contributed by atoms with Crippen LogP contribution in [-0.4, -0.2) is 72.9 Å². The van der Waals surface area contributed by atoms with Crippen LogP contribution in [-0.2, 0) is 10.0 Å². The van der Waals surface area contributed by atoms with E-state index in [0.29, 0.717) is 18.2 Å². The van der Waals surface area contributed by atoms with Crippen molar-refractivity contribution in [2.24, 2.45) is 0 Å². The van der Waals surface area contributed by atoms with Crippen molar-refractivity contribution in [3.63, 3.8) is 0 Å². The molecule has 4 rings (SSSR count). The molecule has 142 valence electrons. The normalized spacial score (nSPS) is 19.5. The van der Waals surface area contributed by atoms with Crippen molar-refractivity contribution >= 4 is 27.7 Å². The van der Waals surface area contributed by atoms with Crippen LogP contribution in [0.3, 0.4) is 0 Å². The number of piperazine rings is 1. The van der Waals surface area contributed by atoms with Crippen molar-refractivity contribution in [2.75, 3.05) is 49.5 Å². The minimum atomic E-state index is -3.82. The molecular formula is C17H20N6O3S. The lowest BCUT2D eigenvalue weighted by molar-refractivity contribution is 0.217. The number of amides is 2. The number of sulfonamides is 1. The van der Waals surface area contributed by atoms with Crippen LogP contribution in [0.2, 0.25) is 0 Å². The number of hydrogen-bond donors (Lipinski definition) is 1. The highest BCUT2D eigenvalue weighted by molar-refractivity contribution is 7.90. The summed E-state index contributed by atoms with van der Waals surface area (Å²) in [6.45, 7) is 3.62. The molecule has 1 aromatic carbocycles. The highest BCUT2D eigenvalue weighted by Gasteiger charge is 2.36. The van der Waals surface area contributed by atoms with Crippen molar-refractivity contribution in [3.05, 3.63) is 42.7 Å². The van der Waals surface area contributed by atoms with Crippen LogP contribution in [0.1, 0.15) is 0 Å². The molecule has 3 heterocycles. The van der Waals surface area contributed by atoms with E-state index in [0.717, 1.165) is 30.5 Å². The molecule has 0 bridgehead atoms. The van der Waals surface area contributed by atoms with Gasteiger partial charge in [-0.25, -0.2) is 27.5 Å². The van der Waals surface area contributed by atoms with E-state index in [2.05, 4.69) is 25.1 Å². The molecule has 1 N–H and O–H groups in total. The highest BCUT2D eigenvalue weighted by atomic mass is 32.2. The molecule has 27 heavy (non-hydrogen) atoms. The Bertz CT molecular complexity index is 929. The average Bonchev–Trinajstić information content (AvgIpc) is 2.69. The Balaban J connectivity index is 1.38. The number of aromatic nitrogens is 2. The molecule has 2 aromatic rings. The van der Waals surface area contributed by atoms with Gasteiger partial charge in [0.15, 0.2) is 0 Å². The summed E-state index contributed by atoms with van der Waals surface area (Å²) in [4.78, 5) is 25.2. The Labute approximate surface area is 157 Å². The number of rotatable bonds is 4. The first-order valence-electron chi connectivity index (χ1n) is 8.73. The van der Waals surface area contributed by atoms with Crippen molar-refractivity contribution < 1.29 is 13.2 Å². The van der Waals surface area contributed by atoms with Crippen molar-refractivity contribution in [1.29, 1.82) is 0 Å². The van der Waals surface area contributed by atoms with Gasteiger partial charge < -0.3 is 10.2 Å². The second kappa shape index (κ2) is 7.12. The van der Waals surface area contributed by atoms with Gasteiger partial charge in [0.2, 0.25) is 5.95 Å². The third-order valence-corrected chi connectivity index (χ3v) is 6.59. The van der Waals surface area contributed by atoms with E-state index in [1.54, 1.807) is 36.7 Å². The first-order valence-corrected chi connectivity index (χ1v) is 10.2. The number of anilines is 2. The van der Waals surface area contributed by atoms with Crippen LogP contribution in [0, 0.1) is 0 Å². The minimum absolute atomic E-state index is 0.115. The molecule has 2 aliphatic heterocycles. The Morgan fingerprint density at radius 2 is 1.67 bits per heavy atom. The first-order chi connectivity index (χ1) is 13.1. The number of benzene rings is 1. The summed E-state index contributed by atoms with van der Waals surface area (Å²) in [7, 11) is -3.82. The van der Waals surface area contributed by atoms with Crippen molar-refractivity contribution in [2.45, 2.75) is 4.90 Å². The summed E-state index contributed by atoms with van der Waals surface area (Å²) in [5, 5.41) is 2.65. The summed E-state index contributed by atoms with van der Waals surface area (Å²) in [6.07, 6.45) is 3.43. The topological polar surface area (TPSA) is 98.7 Å². The fraction of sp³-hybridized carbons (Fsp3) is 0.353. The summed E-state index contributed by atoms with van der Waals surface area (Å²) in [6, 6.07) is 7.62. The van der Waals surface area contributed by atoms with Gasteiger partial charge in [0, 0.05) is 45.1 Å². The van der Waals surface area contributed by atoms with E-state index < -0.39 is 16.1 Å². The molecule has 1 saturated heterocycles. The van der Waals surface area contributed by atoms with Gasteiger partial charge in [-0.2, -0.15) is 0 Å². The van der Waals surface area contributed by atoms with E-state index in [-0.39, 0.29) is 11.4 Å². The largest absolute Gasteiger partial charge is 0.338 e. The monoisotopic (exact) mass is 388 g/mol. The van der Waals surface area contributed by atoms with Gasteiger partial charge in [0.1, 0.15) is 4.90 Å². The number of nitrogens with one attached hydrogen (secondary N) is 1. The molecule has 0 atom stereocenters. The van der Waals surface area contributed by atoms with Gasteiger partial charge in [0.05, 0.1) is 12.2 Å². The maximum atomic E-state index is 12.7. The smallest absolute Gasteiger partial charge is 0.335 e. The zero-order valence-electron chi connectivity index (χ0n) is 14.7. The molecule has 0 unspecified atom stereocenters. The summed E-state index contributed by atoms with van der Waals surface area (Å²) in [5.41, 5.74) is 0.329. The Morgan fingerprint density at radius 3 is 2.41 bits per heavy atom. The number of carbonyl (C=O) groups excluding carboxylic acids is 1. The third-order valence-electron chi connectivity index (χ3n) is 4.75. The Kier molecular flexibility index (Phi) is 4.66. The van der Waals surface area contributed by atoms with Crippen molar-refractivity contribution in [3.8, 4) is 0 Å². The molecule has 0 aliphatic carbocycles. The van der Waals surface area contributed by atoms with Crippen LogP contribution in [0.15, 0.2) is 47.6 Å². The quantitative estimate of drug-likeness (QED) is 0.828. The zero-order valence-corrected chi connectivity index (χ0v) is 15.5. The van der Waals surface area contributed by atoms with Gasteiger partial charge in [-0.1, -0.05) is 12.1 Å². The van der Waals surface area contributed by atoms with Gasteiger partial charge in [-0.05, 0) is 18.2 Å². The highest BCUT2D eigenvalue weighted by Crippen LogP contribution is 2.29. The van der Waals surface area contributed by atoms with Crippen LogP contribution >= 0.6 is 0 Å². The second-order valence-electron chi connectivity index (χ2n) is 6.38. The van der Waals surface area contributed by atoms with E-state index in [9.17, 15) is 13.2 Å². The molecular weight excluding hydrogens is 368 g/mol. The molecule has 2 aliphatic rings. The SMILES string of the molecule is O=C1Nc2ccccc2S(=O)(=O)N1CCN1CCN(c2ncccn2)CC1. The van der Waals surface area contributed by atoms with E-state index >= 15 is 0 Å². The molecule has 10 heteroatoms. The van der Waals surface area contributed by atoms with Gasteiger partial charge >= 0.3 is 6.03 Å². The molecule has 0 spiro atoms. The average molecular weight is 388 g/mol. The van der Waals surface area contributed by atoms with Crippen LogP contribution in [0.25, 0.3) is 0 Å². The lowest BCUT2D eigenvalue weighted by Crippen LogP contribution is -2.51. The number of fused-ring (bicyclic) bond motifs is 1. The lowest BCUT2D eigenvalue weighted by atomic mass is 10.3. The van der Waals surface area contributed by atoms with Gasteiger partial charge in [-0.3, -0.25) is 4.90 Å². The maximum Gasteiger partial charge on any atom is 0.335 e. The fourth-order valence-electron chi connectivity index (χ4n) is 3.28. The van der Waals surface area contributed by atoms with Crippen molar-refractivity contribution in [1.82, 2.24) is 19.2 Å². The van der Waals surface area contributed by atoms with E-state index in [1.165, 1.54) is 6.07 Å². The molecule has 2 amide bonds. The standard InChI is InChI=1S/C17H20N6O3S/c24-17-20-14-4-1-2-5-15(14)27(25,26)23(17)13-10-21-8-11-22(12-9-21)16-18-6-3-7-19-16/h1-7H,8-13H2,(H,20,24). The number of hydrogen-bond acceptors (Lipinski definition) is 7. The summed E-state index contributed by atoms with van der Waals surface area (Å²) >= 11 is 0. The predicted molar refractivity (Wildman–Crippen MR) is 100 cm³/mol. The van der Waals surface area contributed by atoms with Crippen LogP contribution in [0.5, 0.6) is 0 Å². The molecule has 0 radical (unpaired) electrons. The maximum absolute atomic E-state index is 12.7. The minimum Gasteiger partial charge on any atom is -0.338 e. The number of urea groups is 1. The molecule has 0 saturated carbocycles. The molecule has 9 nitrogen and oxygen atoms in total. The van der Waals surface area contributed by atoms with Crippen LogP contribution < -0.4 is 10.2 Å². The number of carbonyl (C=O) groups is 1. The molecule has 1 aromatic heterocycles. The third kappa shape index (κ3) is 3.45. The Morgan fingerprint density at radius 1 is 0.963 bits per heavy atom. The Hall–Kier alpha value is -2.72. The number of nitrogens with zero attached hydrogens (tertiary/aromatic N) is 5. The lowest BCUT2D eigenvalue weighted by Gasteiger charge is -2.36. The summed E-state index contributed by atoms with van der Waals surface area (Å²) < 4.78 is 26.4. The van der Waals surface area contributed by atoms with E-state index in [1.807, 2.05) is 0 Å². The summed E-state index contributed by atoms with van der Waals surface area (Å²) in [5.74, 6) is 0.701. The fourth-order valence-corrected chi connectivity index (χ4v) is 4.75. The second-order valence-corrected chi connectivity index (χ2v) is 8.21. The van der Waals surface area contributed by atoms with Gasteiger partial charge in [-0.15, -0.1) is 0 Å². The van der Waals surface area contributed by atoms with E-state index in [4.69, 9.17) is 0 Å². The zero-order chi connectivity index (χ0) is 18.9.